The Balaban J connectivity index is 2.22. The molecule has 1 atom stereocenters. The van der Waals surface area contributed by atoms with E-state index in [9.17, 15) is 4.79 Å². The SMILES string of the molecule is CCC(CC)C(NC(=O)c1nc(N)n[nH]1)c1ccccc1. The molecule has 1 unspecified atom stereocenters. The van der Waals surface area contributed by atoms with Crippen LogP contribution in [0.4, 0.5) is 5.95 Å². The molecule has 4 N–H and O–H groups in total. The lowest BCUT2D eigenvalue weighted by molar-refractivity contribution is 0.0909. The Morgan fingerprint density at radius 3 is 2.48 bits per heavy atom. The van der Waals surface area contributed by atoms with E-state index in [0.29, 0.717) is 5.92 Å². The van der Waals surface area contributed by atoms with Crippen molar-refractivity contribution in [3.63, 3.8) is 0 Å². The molecule has 0 aliphatic rings. The van der Waals surface area contributed by atoms with E-state index in [1.165, 1.54) is 0 Å². The van der Waals surface area contributed by atoms with Crippen LogP contribution >= 0.6 is 0 Å². The maximum atomic E-state index is 12.3. The van der Waals surface area contributed by atoms with Crippen molar-refractivity contribution in [3.05, 3.63) is 41.7 Å². The summed E-state index contributed by atoms with van der Waals surface area (Å²) in [5, 5.41) is 9.26. The molecule has 0 radical (unpaired) electrons. The highest BCUT2D eigenvalue weighted by Crippen LogP contribution is 2.27. The summed E-state index contributed by atoms with van der Waals surface area (Å²) in [7, 11) is 0. The topological polar surface area (TPSA) is 96.7 Å². The summed E-state index contributed by atoms with van der Waals surface area (Å²) >= 11 is 0. The van der Waals surface area contributed by atoms with E-state index in [1.807, 2.05) is 30.3 Å². The number of nitrogen functional groups attached to an aromatic ring is 1. The number of nitrogens with two attached hydrogens (primary N) is 1. The summed E-state index contributed by atoms with van der Waals surface area (Å²) in [6.07, 6.45) is 1.96. The summed E-state index contributed by atoms with van der Waals surface area (Å²) in [6.45, 7) is 4.26. The zero-order chi connectivity index (χ0) is 15.2. The normalized spacial score (nSPS) is 12.3. The number of hydrogen-bond donors (Lipinski definition) is 3. The molecule has 1 amide bonds. The molecule has 2 aromatic rings. The highest BCUT2D eigenvalue weighted by atomic mass is 16.2. The van der Waals surface area contributed by atoms with Gasteiger partial charge in [0.15, 0.2) is 0 Å². The lowest BCUT2D eigenvalue weighted by Crippen LogP contribution is -2.34. The van der Waals surface area contributed by atoms with E-state index in [0.717, 1.165) is 18.4 Å². The van der Waals surface area contributed by atoms with Gasteiger partial charge in [0.05, 0.1) is 6.04 Å². The summed E-state index contributed by atoms with van der Waals surface area (Å²) in [6, 6.07) is 9.91. The number of amides is 1. The second-order valence-corrected chi connectivity index (χ2v) is 4.98. The van der Waals surface area contributed by atoms with Crippen LogP contribution in [0.25, 0.3) is 0 Å². The summed E-state index contributed by atoms with van der Waals surface area (Å²) in [5.74, 6) is 0.273. The first kappa shape index (κ1) is 15.0. The Bertz CT molecular complexity index is 577. The molecule has 0 aliphatic carbocycles. The van der Waals surface area contributed by atoms with Crippen LogP contribution in [0.2, 0.25) is 0 Å². The van der Waals surface area contributed by atoms with Gasteiger partial charge in [0.25, 0.3) is 5.91 Å². The van der Waals surface area contributed by atoms with Crippen LogP contribution in [0.5, 0.6) is 0 Å². The van der Waals surface area contributed by atoms with E-state index >= 15 is 0 Å². The van der Waals surface area contributed by atoms with Gasteiger partial charge in [0, 0.05) is 0 Å². The summed E-state index contributed by atoms with van der Waals surface area (Å²) < 4.78 is 0. The van der Waals surface area contributed by atoms with Crippen molar-refractivity contribution >= 4 is 11.9 Å². The second-order valence-electron chi connectivity index (χ2n) is 4.98. The number of benzene rings is 1. The minimum Gasteiger partial charge on any atom is -0.366 e. The molecule has 1 aromatic heterocycles. The molecule has 21 heavy (non-hydrogen) atoms. The zero-order valence-corrected chi connectivity index (χ0v) is 12.3. The minimum atomic E-state index is -0.292. The lowest BCUT2D eigenvalue weighted by Gasteiger charge is -2.26. The summed E-state index contributed by atoms with van der Waals surface area (Å²) in [4.78, 5) is 16.1. The van der Waals surface area contributed by atoms with Crippen LogP contribution in [0.3, 0.4) is 0 Å². The van der Waals surface area contributed by atoms with Crippen molar-refractivity contribution in [1.82, 2.24) is 20.5 Å². The molecule has 1 heterocycles. The van der Waals surface area contributed by atoms with Crippen LogP contribution in [-0.4, -0.2) is 21.1 Å². The molecule has 0 aliphatic heterocycles. The Morgan fingerprint density at radius 2 is 1.95 bits per heavy atom. The predicted molar refractivity (Wildman–Crippen MR) is 81.5 cm³/mol. The van der Waals surface area contributed by atoms with Gasteiger partial charge in [-0.3, -0.25) is 9.89 Å². The number of nitrogens with one attached hydrogen (secondary N) is 2. The van der Waals surface area contributed by atoms with Gasteiger partial charge in [-0.05, 0) is 11.5 Å². The lowest BCUT2D eigenvalue weighted by atomic mass is 9.89. The summed E-state index contributed by atoms with van der Waals surface area (Å²) in [5.41, 5.74) is 6.53. The maximum absolute atomic E-state index is 12.3. The number of H-pyrrole nitrogens is 1. The van der Waals surface area contributed by atoms with Crippen molar-refractivity contribution < 1.29 is 4.79 Å². The Morgan fingerprint density at radius 1 is 1.29 bits per heavy atom. The second kappa shape index (κ2) is 6.88. The molecule has 112 valence electrons. The van der Waals surface area contributed by atoms with Crippen LogP contribution < -0.4 is 11.1 Å². The first-order chi connectivity index (χ1) is 10.2. The largest absolute Gasteiger partial charge is 0.366 e. The fraction of sp³-hybridized carbons (Fsp3) is 0.400. The standard InChI is InChI=1S/C15H21N5O/c1-3-10(4-2)12(11-8-6-5-7-9-11)17-14(21)13-18-15(16)20-19-13/h5-10,12H,3-4H2,1-2H3,(H,17,21)(H3,16,18,19,20). The third-order valence-electron chi connectivity index (χ3n) is 3.68. The zero-order valence-electron chi connectivity index (χ0n) is 12.3. The van der Waals surface area contributed by atoms with Gasteiger partial charge in [-0.15, -0.1) is 5.10 Å². The molecule has 6 nitrogen and oxygen atoms in total. The molecule has 0 fully saturated rings. The number of anilines is 1. The van der Waals surface area contributed by atoms with Crippen LogP contribution in [0.1, 0.15) is 48.9 Å². The molecule has 2 rings (SSSR count). The van der Waals surface area contributed by atoms with E-state index < -0.39 is 0 Å². The highest BCUT2D eigenvalue weighted by molar-refractivity contribution is 5.90. The maximum Gasteiger partial charge on any atom is 0.289 e. The van der Waals surface area contributed by atoms with Gasteiger partial charge in [-0.1, -0.05) is 57.0 Å². The smallest absolute Gasteiger partial charge is 0.289 e. The number of nitrogens with zero attached hydrogens (tertiary/aromatic N) is 2. The quantitative estimate of drug-likeness (QED) is 0.759. The highest BCUT2D eigenvalue weighted by Gasteiger charge is 2.24. The third-order valence-corrected chi connectivity index (χ3v) is 3.68. The average molecular weight is 287 g/mol. The van der Waals surface area contributed by atoms with E-state index in [1.54, 1.807) is 0 Å². The van der Waals surface area contributed by atoms with Crippen LogP contribution in [0.15, 0.2) is 30.3 Å². The van der Waals surface area contributed by atoms with E-state index in [2.05, 4.69) is 34.3 Å². The van der Waals surface area contributed by atoms with Crippen molar-refractivity contribution in [3.8, 4) is 0 Å². The Kier molecular flexibility index (Phi) is 4.92. The Hall–Kier alpha value is -2.37. The molecule has 6 heteroatoms. The molecule has 0 bridgehead atoms. The molecule has 0 saturated heterocycles. The van der Waals surface area contributed by atoms with Crippen molar-refractivity contribution in [1.29, 1.82) is 0 Å². The fourth-order valence-corrected chi connectivity index (χ4v) is 2.48. The molecule has 1 aromatic carbocycles. The minimum absolute atomic E-state index is 0.0555. The van der Waals surface area contributed by atoms with Gasteiger partial charge >= 0.3 is 0 Å². The van der Waals surface area contributed by atoms with E-state index in [4.69, 9.17) is 5.73 Å². The van der Waals surface area contributed by atoms with Crippen molar-refractivity contribution in [2.75, 3.05) is 5.73 Å². The van der Waals surface area contributed by atoms with E-state index in [-0.39, 0.29) is 23.7 Å². The fourth-order valence-electron chi connectivity index (χ4n) is 2.48. The molecule has 0 saturated carbocycles. The third kappa shape index (κ3) is 3.59. The number of aromatic nitrogens is 3. The first-order valence-corrected chi connectivity index (χ1v) is 7.19. The Labute approximate surface area is 124 Å². The first-order valence-electron chi connectivity index (χ1n) is 7.19. The number of hydrogen-bond acceptors (Lipinski definition) is 4. The van der Waals surface area contributed by atoms with Gasteiger partial charge in [-0.2, -0.15) is 4.98 Å². The number of rotatable bonds is 6. The predicted octanol–water partition coefficient (Wildman–Crippen LogP) is 2.29. The van der Waals surface area contributed by atoms with Gasteiger partial charge in [0.2, 0.25) is 11.8 Å². The van der Waals surface area contributed by atoms with Gasteiger partial charge in [0.1, 0.15) is 0 Å². The van der Waals surface area contributed by atoms with Gasteiger partial charge in [-0.25, -0.2) is 0 Å². The van der Waals surface area contributed by atoms with Crippen LogP contribution in [-0.2, 0) is 0 Å². The average Bonchev–Trinajstić information content (AvgIpc) is 2.95. The molecular weight excluding hydrogens is 266 g/mol. The van der Waals surface area contributed by atoms with Crippen molar-refractivity contribution in [2.45, 2.75) is 32.7 Å². The number of carbonyl (C=O) groups is 1. The monoisotopic (exact) mass is 287 g/mol. The number of carbonyl (C=O) groups excluding carboxylic acids is 1. The van der Waals surface area contributed by atoms with Gasteiger partial charge < -0.3 is 11.1 Å². The number of aromatic amines is 1. The molecular formula is C15H21N5O. The molecule has 0 spiro atoms. The van der Waals surface area contributed by atoms with Crippen LogP contribution in [0, 0.1) is 5.92 Å². The van der Waals surface area contributed by atoms with Crippen molar-refractivity contribution in [2.24, 2.45) is 5.92 Å².